The van der Waals surface area contributed by atoms with E-state index < -0.39 is 18.3 Å². The highest BCUT2D eigenvalue weighted by Crippen LogP contribution is 2.38. The Labute approximate surface area is 158 Å². The molecule has 0 amide bonds. The second-order valence-electron chi connectivity index (χ2n) is 8.21. The number of hydrogen-bond acceptors (Lipinski definition) is 6. The van der Waals surface area contributed by atoms with Crippen LogP contribution in [0.4, 0.5) is 5.69 Å². The van der Waals surface area contributed by atoms with Crippen LogP contribution in [-0.2, 0) is 14.0 Å². The standard InChI is InChI=1S/C18H24BN3O5/c1-17(2)18(3,4)27-19(26-17)13-8-9-14-12(16(13)22(23)24)11-21(20-14)15-7-5-6-10-25-15/h8-9,11,15H,5-7,10H2,1-4H3. The van der Waals surface area contributed by atoms with Crippen molar-refractivity contribution in [3.8, 4) is 0 Å². The zero-order chi connectivity index (χ0) is 19.4. The molecule has 0 N–H and O–H groups in total. The Kier molecular flexibility index (Phi) is 4.29. The minimum atomic E-state index is -0.797. The quantitative estimate of drug-likeness (QED) is 0.467. The van der Waals surface area contributed by atoms with Crippen molar-refractivity contribution in [1.82, 2.24) is 9.78 Å². The largest absolute Gasteiger partial charge is 0.501 e. The first-order valence-electron chi connectivity index (χ1n) is 9.33. The first kappa shape index (κ1) is 18.4. The van der Waals surface area contributed by atoms with Crippen LogP contribution >= 0.6 is 0 Å². The third kappa shape index (κ3) is 3.03. The van der Waals surface area contributed by atoms with E-state index in [0.717, 1.165) is 19.3 Å². The van der Waals surface area contributed by atoms with Crippen LogP contribution in [0, 0.1) is 10.1 Å². The molecule has 0 spiro atoms. The van der Waals surface area contributed by atoms with E-state index in [9.17, 15) is 10.1 Å². The molecule has 4 rings (SSSR count). The third-order valence-corrected chi connectivity index (χ3v) is 5.85. The Bertz CT molecular complexity index is 872. The van der Waals surface area contributed by atoms with Crippen molar-refractivity contribution in [3.63, 3.8) is 0 Å². The van der Waals surface area contributed by atoms with E-state index in [1.165, 1.54) is 0 Å². The normalized spacial score (nSPS) is 24.4. The summed E-state index contributed by atoms with van der Waals surface area (Å²) in [5.41, 5.74) is -0.180. The van der Waals surface area contributed by atoms with E-state index in [4.69, 9.17) is 14.0 Å². The summed E-state index contributed by atoms with van der Waals surface area (Å²) in [5, 5.41) is 16.9. The van der Waals surface area contributed by atoms with Crippen molar-refractivity contribution in [2.24, 2.45) is 0 Å². The van der Waals surface area contributed by atoms with Gasteiger partial charge in [-0.25, -0.2) is 4.68 Å². The number of fused-ring (bicyclic) bond motifs is 1. The molecule has 0 bridgehead atoms. The molecule has 2 aliphatic rings. The van der Waals surface area contributed by atoms with Crippen LogP contribution in [0.15, 0.2) is 18.3 Å². The fourth-order valence-corrected chi connectivity index (χ4v) is 3.56. The molecule has 0 radical (unpaired) electrons. The minimum Gasteiger partial charge on any atom is -0.399 e. The molecule has 1 aromatic carbocycles. The summed E-state index contributed by atoms with van der Waals surface area (Å²) in [5.74, 6) is 0. The van der Waals surface area contributed by atoms with Crippen LogP contribution in [0.25, 0.3) is 10.9 Å². The number of nitro benzene ring substituents is 1. The molecular weight excluding hydrogens is 349 g/mol. The second-order valence-corrected chi connectivity index (χ2v) is 8.21. The number of ether oxygens (including phenoxy) is 1. The van der Waals surface area contributed by atoms with Crippen LogP contribution in [-0.4, -0.2) is 39.6 Å². The molecule has 0 saturated carbocycles. The summed E-state index contributed by atoms with van der Waals surface area (Å²) < 4.78 is 19.5. The van der Waals surface area contributed by atoms with E-state index in [1.807, 2.05) is 27.7 Å². The van der Waals surface area contributed by atoms with Crippen LogP contribution in [0.3, 0.4) is 0 Å². The maximum absolute atomic E-state index is 11.9. The van der Waals surface area contributed by atoms with Gasteiger partial charge in [0.2, 0.25) is 0 Å². The molecule has 1 atom stereocenters. The number of nitro groups is 1. The fraction of sp³-hybridized carbons (Fsp3) is 0.611. The monoisotopic (exact) mass is 373 g/mol. The molecule has 2 fully saturated rings. The van der Waals surface area contributed by atoms with Crippen molar-refractivity contribution >= 4 is 29.2 Å². The van der Waals surface area contributed by atoms with E-state index in [1.54, 1.807) is 23.0 Å². The summed E-state index contributed by atoms with van der Waals surface area (Å²) in [4.78, 5) is 11.5. The lowest BCUT2D eigenvalue weighted by atomic mass is 9.77. The van der Waals surface area contributed by atoms with Crippen molar-refractivity contribution in [3.05, 3.63) is 28.4 Å². The molecule has 0 aliphatic carbocycles. The van der Waals surface area contributed by atoms with Gasteiger partial charge in [0.15, 0.2) is 0 Å². The van der Waals surface area contributed by atoms with Gasteiger partial charge < -0.3 is 14.0 Å². The Morgan fingerprint density at radius 3 is 2.52 bits per heavy atom. The minimum absolute atomic E-state index is 0.0203. The molecule has 1 aromatic heterocycles. The van der Waals surface area contributed by atoms with Gasteiger partial charge in [0, 0.05) is 12.8 Å². The van der Waals surface area contributed by atoms with Gasteiger partial charge in [0.05, 0.1) is 32.5 Å². The zero-order valence-electron chi connectivity index (χ0n) is 16.1. The van der Waals surface area contributed by atoms with Gasteiger partial charge in [-0.3, -0.25) is 10.1 Å². The predicted octanol–water partition coefficient (Wildman–Crippen LogP) is 2.94. The van der Waals surface area contributed by atoms with Crippen LogP contribution in [0.2, 0.25) is 0 Å². The smallest absolute Gasteiger partial charge is 0.399 e. The van der Waals surface area contributed by atoms with Gasteiger partial charge in [-0.05, 0) is 53.0 Å². The average molecular weight is 373 g/mol. The van der Waals surface area contributed by atoms with Gasteiger partial charge in [-0.1, -0.05) is 6.07 Å². The third-order valence-electron chi connectivity index (χ3n) is 5.85. The van der Waals surface area contributed by atoms with Crippen molar-refractivity contribution in [1.29, 1.82) is 0 Å². The summed E-state index contributed by atoms with van der Waals surface area (Å²) in [6, 6.07) is 3.46. The van der Waals surface area contributed by atoms with E-state index in [2.05, 4.69) is 5.10 Å². The molecule has 2 aliphatic heterocycles. The molecule has 144 valence electrons. The Morgan fingerprint density at radius 1 is 1.22 bits per heavy atom. The lowest BCUT2D eigenvalue weighted by Gasteiger charge is -2.32. The predicted molar refractivity (Wildman–Crippen MR) is 101 cm³/mol. The summed E-state index contributed by atoms with van der Waals surface area (Å²) in [6.45, 7) is 8.39. The summed E-state index contributed by atoms with van der Waals surface area (Å²) in [7, 11) is -0.797. The topological polar surface area (TPSA) is 88.7 Å². The zero-order valence-corrected chi connectivity index (χ0v) is 16.1. The maximum atomic E-state index is 11.9. The molecule has 2 aromatic rings. The lowest BCUT2D eigenvalue weighted by Crippen LogP contribution is -2.41. The molecule has 3 heterocycles. The highest BCUT2D eigenvalue weighted by Gasteiger charge is 2.53. The van der Waals surface area contributed by atoms with Gasteiger partial charge in [-0.15, -0.1) is 0 Å². The van der Waals surface area contributed by atoms with Gasteiger partial charge in [-0.2, -0.15) is 5.10 Å². The Hall–Kier alpha value is -1.97. The van der Waals surface area contributed by atoms with Gasteiger partial charge in [0.1, 0.15) is 6.23 Å². The molecule has 8 nitrogen and oxygen atoms in total. The van der Waals surface area contributed by atoms with Crippen LogP contribution in [0.1, 0.15) is 53.2 Å². The van der Waals surface area contributed by atoms with E-state index >= 15 is 0 Å². The Morgan fingerprint density at radius 2 is 1.93 bits per heavy atom. The van der Waals surface area contributed by atoms with Crippen molar-refractivity contribution < 1.29 is 19.0 Å². The first-order chi connectivity index (χ1) is 12.7. The highest BCUT2D eigenvalue weighted by molar-refractivity contribution is 6.64. The number of nitrogens with zero attached hydrogens (tertiary/aromatic N) is 3. The van der Waals surface area contributed by atoms with Gasteiger partial charge >= 0.3 is 7.12 Å². The molecule has 1 unspecified atom stereocenters. The highest BCUT2D eigenvalue weighted by atomic mass is 16.7. The molecule has 27 heavy (non-hydrogen) atoms. The number of benzene rings is 1. The van der Waals surface area contributed by atoms with Crippen LogP contribution < -0.4 is 5.46 Å². The molecule has 9 heteroatoms. The van der Waals surface area contributed by atoms with Gasteiger partial charge in [0.25, 0.3) is 5.69 Å². The number of aromatic nitrogens is 2. The first-order valence-corrected chi connectivity index (χ1v) is 9.33. The van der Waals surface area contributed by atoms with Crippen molar-refractivity contribution in [2.45, 2.75) is 64.4 Å². The number of rotatable bonds is 3. The van der Waals surface area contributed by atoms with E-state index in [-0.39, 0.29) is 16.8 Å². The average Bonchev–Trinajstić information content (AvgIpc) is 3.12. The second kappa shape index (κ2) is 6.29. The van der Waals surface area contributed by atoms with Crippen LogP contribution in [0.5, 0.6) is 0 Å². The van der Waals surface area contributed by atoms with Crippen molar-refractivity contribution in [2.75, 3.05) is 6.61 Å². The SMILES string of the molecule is CC1(C)OB(c2ccc3nn(C4CCCCO4)cc3c2[N+](=O)[O-])OC1(C)C. The summed E-state index contributed by atoms with van der Waals surface area (Å²) >= 11 is 0. The molecule has 2 saturated heterocycles. The Balaban J connectivity index is 1.78. The summed E-state index contributed by atoms with van der Waals surface area (Å²) in [6.07, 6.45) is 4.47. The number of hydrogen-bond donors (Lipinski definition) is 0. The molecular formula is C18H24BN3O5. The maximum Gasteiger partial charge on any atom is 0.501 e. The lowest BCUT2D eigenvalue weighted by molar-refractivity contribution is -0.382. The van der Waals surface area contributed by atoms with E-state index in [0.29, 0.717) is 23.0 Å². The fourth-order valence-electron chi connectivity index (χ4n) is 3.56.